The molecule has 0 aromatic heterocycles. The van der Waals surface area contributed by atoms with Crippen LogP contribution in [0.2, 0.25) is 0 Å². The topological polar surface area (TPSA) is 108 Å². The summed E-state index contributed by atoms with van der Waals surface area (Å²) in [5.74, 6) is 0.412. The standard InChI is InChI=1S/C20H20N2O6/c23-15-7-13(8-16(24)10-15)19(25)21-14-3-5-22(6-4-14)20(26)12-1-2-17-18(9-12)28-11-27-17/h1-2,7-10,14,23-24H,3-6,11H2,(H,21,25). The minimum absolute atomic E-state index is 0.0824. The van der Waals surface area contributed by atoms with Crippen LogP contribution >= 0.6 is 0 Å². The molecule has 2 amide bonds. The van der Waals surface area contributed by atoms with Gasteiger partial charge in [-0.3, -0.25) is 9.59 Å². The first-order chi connectivity index (χ1) is 13.5. The van der Waals surface area contributed by atoms with Gasteiger partial charge in [0.1, 0.15) is 11.5 Å². The molecule has 8 heteroatoms. The van der Waals surface area contributed by atoms with E-state index in [0.717, 1.165) is 6.07 Å². The highest BCUT2D eigenvalue weighted by atomic mass is 16.7. The number of benzene rings is 2. The fourth-order valence-electron chi connectivity index (χ4n) is 3.43. The maximum absolute atomic E-state index is 12.7. The van der Waals surface area contributed by atoms with E-state index in [2.05, 4.69) is 5.32 Å². The van der Waals surface area contributed by atoms with Crippen molar-refractivity contribution < 1.29 is 29.3 Å². The molecule has 4 rings (SSSR count). The summed E-state index contributed by atoms with van der Waals surface area (Å²) in [6.07, 6.45) is 1.24. The Labute approximate surface area is 161 Å². The van der Waals surface area contributed by atoms with E-state index in [1.807, 2.05) is 0 Å². The van der Waals surface area contributed by atoms with Gasteiger partial charge in [-0.05, 0) is 43.2 Å². The number of amides is 2. The summed E-state index contributed by atoms with van der Waals surface area (Å²) in [4.78, 5) is 26.8. The third kappa shape index (κ3) is 3.66. The Morgan fingerprint density at radius 3 is 2.32 bits per heavy atom. The smallest absolute Gasteiger partial charge is 0.253 e. The molecular weight excluding hydrogens is 364 g/mol. The van der Waals surface area contributed by atoms with Crippen LogP contribution in [0, 0.1) is 0 Å². The lowest BCUT2D eigenvalue weighted by Crippen LogP contribution is -2.46. The second-order valence-corrected chi connectivity index (χ2v) is 6.85. The molecule has 0 aliphatic carbocycles. The number of fused-ring (bicyclic) bond motifs is 1. The van der Waals surface area contributed by atoms with Crippen molar-refractivity contribution in [1.82, 2.24) is 10.2 Å². The summed E-state index contributed by atoms with van der Waals surface area (Å²) < 4.78 is 10.6. The van der Waals surface area contributed by atoms with E-state index in [-0.39, 0.29) is 41.7 Å². The van der Waals surface area contributed by atoms with E-state index in [1.165, 1.54) is 12.1 Å². The van der Waals surface area contributed by atoms with E-state index in [0.29, 0.717) is 43.0 Å². The predicted molar refractivity (Wildman–Crippen MR) is 98.7 cm³/mol. The van der Waals surface area contributed by atoms with Crippen LogP contribution in [-0.4, -0.2) is 52.9 Å². The van der Waals surface area contributed by atoms with Crippen molar-refractivity contribution >= 4 is 11.8 Å². The summed E-state index contributed by atoms with van der Waals surface area (Å²) in [6.45, 7) is 1.20. The zero-order chi connectivity index (χ0) is 19.7. The van der Waals surface area contributed by atoms with E-state index < -0.39 is 0 Å². The number of carbonyl (C=O) groups excluding carboxylic acids is 2. The van der Waals surface area contributed by atoms with Gasteiger partial charge in [0.05, 0.1) is 0 Å². The second kappa shape index (κ2) is 7.30. The molecule has 0 spiro atoms. The number of carbonyl (C=O) groups is 2. The van der Waals surface area contributed by atoms with Gasteiger partial charge in [-0.15, -0.1) is 0 Å². The fraction of sp³-hybridized carbons (Fsp3) is 0.300. The zero-order valence-corrected chi connectivity index (χ0v) is 15.1. The summed E-state index contributed by atoms with van der Waals surface area (Å²) >= 11 is 0. The monoisotopic (exact) mass is 384 g/mol. The second-order valence-electron chi connectivity index (χ2n) is 6.85. The van der Waals surface area contributed by atoms with Gasteiger partial charge in [0.2, 0.25) is 6.79 Å². The predicted octanol–water partition coefficient (Wildman–Crippen LogP) is 1.86. The van der Waals surface area contributed by atoms with Gasteiger partial charge in [0.25, 0.3) is 11.8 Å². The third-order valence-electron chi connectivity index (χ3n) is 4.90. The van der Waals surface area contributed by atoms with E-state index in [4.69, 9.17) is 9.47 Å². The summed E-state index contributed by atoms with van der Waals surface area (Å²) in [5, 5.41) is 21.9. The summed E-state index contributed by atoms with van der Waals surface area (Å²) in [5.41, 5.74) is 0.735. The number of phenols is 2. The van der Waals surface area contributed by atoms with Crippen LogP contribution in [0.3, 0.4) is 0 Å². The van der Waals surface area contributed by atoms with Crippen molar-refractivity contribution in [2.75, 3.05) is 19.9 Å². The van der Waals surface area contributed by atoms with Crippen molar-refractivity contribution in [3.63, 3.8) is 0 Å². The molecule has 0 saturated carbocycles. The number of hydrogen-bond donors (Lipinski definition) is 3. The van der Waals surface area contributed by atoms with Crippen LogP contribution in [0.15, 0.2) is 36.4 Å². The summed E-state index contributed by atoms with van der Waals surface area (Å²) in [7, 11) is 0. The highest BCUT2D eigenvalue weighted by molar-refractivity contribution is 5.96. The number of likely N-dealkylation sites (tertiary alicyclic amines) is 1. The lowest BCUT2D eigenvalue weighted by Gasteiger charge is -2.32. The first-order valence-corrected chi connectivity index (χ1v) is 9.02. The third-order valence-corrected chi connectivity index (χ3v) is 4.90. The molecule has 3 N–H and O–H groups in total. The fourth-order valence-corrected chi connectivity index (χ4v) is 3.43. The molecule has 146 valence electrons. The maximum Gasteiger partial charge on any atom is 0.253 e. The van der Waals surface area contributed by atoms with Gasteiger partial charge in [-0.1, -0.05) is 0 Å². The van der Waals surface area contributed by atoms with E-state index in [1.54, 1.807) is 23.1 Å². The lowest BCUT2D eigenvalue weighted by molar-refractivity contribution is 0.0697. The van der Waals surface area contributed by atoms with Gasteiger partial charge in [0, 0.05) is 36.3 Å². The Kier molecular flexibility index (Phi) is 4.68. The van der Waals surface area contributed by atoms with Gasteiger partial charge >= 0.3 is 0 Å². The SMILES string of the molecule is O=C(NC1CCN(C(=O)c2ccc3c(c2)OCO3)CC1)c1cc(O)cc(O)c1. The first-order valence-electron chi connectivity index (χ1n) is 9.02. The Morgan fingerprint density at radius 1 is 0.929 bits per heavy atom. The number of hydrogen-bond acceptors (Lipinski definition) is 6. The molecule has 0 atom stereocenters. The van der Waals surface area contributed by atoms with E-state index >= 15 is 0 Å². The lowest BCUT2D eigenvalue weighted by atomic mass is 10.0. The Balaban J connectivity index is 1.34. The molecule has 0 bridgehead atoms. The first kappa shape index (κ1) is 18.0. The molecule has 2 heterocycles. The molecule has 2 aliphatic rings. The minimum Gasteiger partial charge on any atom is -0.508 e. The van der Waals surface area contributed by atoms with Crippen molar-refractivity contribution in [3.8, 4) is 23.0 Å². The number of ether oxygens (including phenoxy) is 2. The van der Waals surface area contributed by atoms with Crippen LogP contribution in [-0.2, 0) is 0 Å². The van der Waals surface area contributed by atoms with Crippen molar-refractivity contribution in [2.24, 2.45) is 0 Å². The number of phenolic OH excluding ortho intramolecular Hbond substituents is 2. The number of aromatic hydroxyl groups is 2. The number of nitrogens with zero attached hydrogens (tertiary/aromatic N) is 1. The average Bonchev–Trinajstić information content (AvgIpc) is 3.15. The molecule has 1 fully saturated rings. The molecule has 2 aromatic rings. The molecule has 1 saturated heterocycles. The van der Waals surface area contributed by atoms with Crippen molar-refractivity contribution in [3.05, 3.63) is 47.5 Å². The largest absolute Gasteiger partial charge is 0.508 e. The summed E-state index contributed by atoms with van der Waals surface area (Å²) in [6, 6.07) is 8.81. The number of piperidine rings is 1. The Hall–Kier alpha value is -3.42. The minimum atomic E-state index is -0.369. The normalized spacial score (nSPS) is 16.1. The van der Waals surface area contributed by atoms with Crippen LogP contribution in [0.4, 0.5) is 0 Å². The Bertz CT molecular complexity index is 901. The molecule has 8 nitrogen and oxygen atoms in total. The maximum atomic E-state index is 12.7. The Morgan fingerprint density at radius 2 is 1.61 bits per heavy atom. The van der Waals surface area contributed by atoms with E-state index in [9.17, 15) is 19.8 Å². The van der Waals surface area contributed by atoms with Crippen LogP contribution in [0.5, 0.6) is 23.0 Å². The quantitative estimate of drug-likeness (QED) is 0.746. The van der Waals surface area contributed by atoms with Crippen molar-refractivity contribution in [1.29, 1.82) is 0 Å². The molecular formula is C20H20N2O6. The average molecular weight is 384 g/mol. The molecule has 2 aromatic carbocycles. The molecule has 0 unspecified atom stereocenters. The zero-order valence-electron chi connectivity index (χ0n) is 15.1. The molecule has 0 radical (unpaired) electrons. The number of rotatable bonds is 3. The van der Waals surface area contributed by atoms with Gasteiger partial charge < -0.3 is 29.9 Å². The van der Waals surface area contributed by atoms with Crippen LogP contribution < -0.4 is 14.8 Å². The van der Waals surface area contributed by atoms with Crippen LogP contribution in [0.1, 0.15) is 33.6 Å². The molecule has 28 heavy (non-hydrogen) atoms. The van der Waals surface area contributed by atoms with Gasteiger partial charge in [-0.25, -0.2) is 0 Å². The highest BCUT2D eigenvalue weighted by Crippen LogP contribution is 2.33. The number of nitrogens with one attached hydrogen (secondary N) is 1. The molecule has 2 aliphatic heterocycles. The van der Waals surface area contributed by atoms with Crippen molar-refractivity contribution in [2.45, 2.75) is 18.9 Å². The highest BCUT2D eigenvalue weighted by Gasteiger charge is 2.26. The van der Waals surface area contributed by atoms with Gasteiger partial charge in [-0.2, -0.15) is 0 Å². The van der Waals surface area contributed by atoms with Gasteiger partial charge in [0.15, 0.2) is 11.5 Å². The van der Waals surface area contributed by atoms with Crippen LogP contribution in [0.25, 0.3) is 0 Å².